The van der Waals surface area contributed by atoms with E-state index in [2.05, 4.69) is 44.0 Å². The van der Waals surface area contributed by atoms with E-state index in [0.29, 0.717) is 4.88 Å². The van der Waals surface area contributed by atoms with Gasteiger partial charge in [0, 0.05) is 12.7 Å². The molecule has 18 heavy (non-hydrogen) atoms. The van der Waals surface area contributed by atoms with Gasteiger partial charge in [0.15, 0.2) is 5.13 Å². The van der Waals surface area contributed by atoms with Gasteiger partial charge in [0.1, 0.15) is 10.9 Å². The lowest BCUT2D eigenvalue weighted by atomic mass is 10.0. The smallest absolute Gasteiger partial charge is 0.190 e. The van der Waals surface area contributed by atoms with Crippen molar-refractivity contribution < 1.29 is 0 Å². The Kier molecular flexibility index (Phi) is 3.35. The van der Waals surface area contributed by atoms with E-state index in [4.69, 9.17) is 5.26 Å². The second-order valence-corrected chi connectivity index (χ2v) is 5.41. The van der Waals surface area contributed by atoms with Gasteiger partial charge in [0.2, 0.25) is 0 Å². The van der Waals surface area contributed by atoms with E-state index in [1.807, 2.05) is 11.9 Å². The van der Waals surface area contributed by atoms with Crippen LogP contribution in [0.4, 0.5) is 10.8 Å². The molecule has 3 nitrogen and oxygen atoms in total. The zero-order chi connectivity index (χ0) is 13.3. The molecule has 1 aromatic heterocycles. The lowest BCUT2D eigenvalue weighted by molar-refractivity contribution is 1.14. The molecule has 0 amide bonds. The van der Waals surface area contributed by atoms with Gasteiger partial charge in [-0.05, 0) is 43.5 Å². The van der Waals surface area contributed by atoms with E-state index in [1.165, 1.54) is 28.0 Å². The molecule has 92 valence electrons. The Balaban J connectivity index is 2.43. The third-order valence-electron chi connectivity index (χ3n) is 3.06. The van der Waals surface area contributed by atoms with Gasteiger partial charge in [-0.25, -0.2) is 4.98 Å². The Morgan fingerprint density at radius 2 is 1.83 bits per heavy atom. The number of benzene rings is 1. The molecule has 0 aliphatic heterocycles. The largest absolute Gasteiger partial charge is 0.321 e. The number of nitrogens with zero attached hydrogens (tertiary/aromatic N) is 3. The molecule has 0 radical (unpaired) electrons. The minimum atomic E-state index is 0.637. The van der Waals surface area contributed by atoms with Crippen LogP contribution >= 0.6 is 11.3 Å². The van der Waals surface area contributed by atoms with Crippen molar-refractivity contribution in [2.24, 2.45) is 0 Å². The van der Waals surface area contributed by atoms with E-state index in [0.717, 1.165) is 10.8 Å². The maximum absolute atomic E-state index is 8.84. The highest BCUT2D eigenvalue weighted by molar-refractivity contribution is 7.16. The molecule has 1 aromatic carbocycles. The van der Waals surface area contributed by atoms with Crippen molar-refractivity contribution >= 4 is 22.2 Å². The number of thiazole rings is 1. The van der Waals surface area contributed by atoms with Gasteiger partial charge in [0.05, 0.1) is 6.20 Å². The Morgan fingerprint density at radius 1 is 1.17 bits per heavy atom. The van der Waals surface area contributed by atoms with E-state index >= 15 is 0 Å². The van der Waals surface area contributed by atoms with E-state index in [1.54, 1.807) is 6.20 Å². The number of hydrogen-bond donors (Lipinski definition) is 0. The van der Waals surface area contributed by atoms with Gasteiger partial charge in [-0.2, -0.15) is 5.26 Å². The molecular weight excluding hydrogens is 242 g/mol. The van der Waals surface area contributed by atoms with Gasteiger partial charge < -0.3 is 4.90 Å². The topological polar surface area (TPSA) is 39.9 Å². The van der Waals surface area contributed by atoms with Crippen LogP contribution in [0.15, 0.2) is 18.3 Å². The molecule has 0 saturated heterocycles. The lowest BCUT2D eigenvalue weighted by Crippen LogP contribution is -2.11. The quantitative estimate of drug-likeness (QED) is 0.823. The number of nitriles is 1. The standard InChI is InChI=1S/C14H15N3S/c1-9-5-11(3)13(6-10(9)2)17(4)14-16-8-12(7-15)18-14/h5-6,8H,1-4H3. The molecule has 2 rings (SSSR count). The fraction of sp³-hybridized carbons (Fsp3) is 0.286. The van der Waals surface area contributed by atoms with Crippen LogP contribution in [-0.4, -0.2) is 12.0 Å². The number of hydrogen-bond acceptors (Lipinski definition) is 4. The molecule has 2 aromatic rings. The van der Waals surface area contributed by atoms with Crippen molar-refractivity contribution in [2.75, 3.05) is 11.9 Å². The molecule has 0 saturated carbocycles. The molecule has 0 atom stereocenters. The minimum Gasteiger partial charge on any atom is -0.321 e. The average Bonchev–Trinajstić information content (AvgIpc) is 2.81. The zero-order valence-corrected chi connectivity index (χ0v) is 11.8. The Labute approximate surface area is 111 Å². The maximum atomic E-state index is 8.84. The van der Waals surface area contributed by atoms with E-state index in [9.17, 15) is 0 Å². The summed E-state index contributed by atoms with van der Waals surface area (Å²) in [7, 11) is 1.98. The van der Waals surface area contributed by atoms with Crippen LogP contribution in [0.5, 0.6) is 0 Å². The molecule has 0 unspecified atom stereocenters. The predicted octanol–water partition coefficient (Wildman–Crippen LogP) is 3.71. The summed E-state index contributed by atoms with van der Waals surface area (Å²) in [4.78, 5) is 6.95. The van der Waals surface area contributed by atoms with Crippen LogP contribution < -0.4 is 4.90 Å². The monoisotopic (exact) mass is 257 g/mol. The second-order valence-electron chi connectivity index (χ2n) is 4.40. The second kappa shape index (κ2) is 4.79. The highest BCUT2D eigenvalue weighted by Crippen LogP contribution is 2.31. The third-order valence-corrected chi connectivity index (χ3v) is 4.04. The summed E-state index contributed by atoms with van der Waals surface area (Å²) in [6.45, 7) is 6.31. The maximum Gasteiger partial charge on any atom is 0.190 e. The summed E-state index contributed by atoms with van der Waals surface area (Å²) >= 11 is 1.41. The molecule has 0 N–H and O–H groups in total. The zero-order valence-electron chi connectivity index (χ0n) is 11.0. The Morgan fingerprint density at radius 3 is 2.44 bits per heavy atom. The lowest BCUT2D eigenvalue weighted by Gasteiger charge is -2.20. The average molecular weight is 257 g/mol. The summed E-state index contributed by atoms with van der Waals surface area (Å²) in [6.07, 6.45) is 1.62. The van der Waals surface area contributed by atoms with Crippen molar-refractivity contribution in [1.29, 1.82) is 5.26 Å². The summed E-state index contributed by atoms with van der Waals surface area (Å²) in [5, 5.41) is 9.69. The molecular formula is C14H15N3S. The molecule has 4 heteroatoms. The highest BCUT2D eigenvalue weighted by Gasteiger charge is 2.12. The van der Waals surface area contributed by atoms with Gasteiger partial charge in [-0.3, -0.25) is 0 Å². The first-order valence-electron chi connectivity index (χ1n) is 5.70. The fourth-order valence-electron chi connectivity index (χ4n) is 1.88. The van der Waals surface area contributed by atoms with Crippen molar-refractivity contribution in [2.45, 2.75) is 20.8 Å². The summed E-state index contributed by atoms with van der Waals surface area (Å²) in [5.74, 6) is 0. The SMILES string of the molecule is Cc1cc(C)c(N(C)c2ncc(C#N)s2)cc1C. The van der Waals surface area contributed by atoms with Crippen LogP contribution in [0, 0.1) is 32.1 Å². The van der Waals surface area contributed by atoms with Crippen LogP contribution in [0.3, 0.4) is 0 Å². The van der Waals surface area contributed by atoms with E-state index in [-0.39, 0.29) is 0 Å². The van der Waals surface area contributed by atoms with Crippen LogP contribution in [0.25, 0.3) is 0 Å². The number of aromatic nitrogens is 1. The van der Waals surface area contributed by atoms with Crippen molar-refractivity contribution in [1.82, 2.24) is 4.98 Å². The third kappa shape index (κ3) is 2.22. The van der Waals surface area contributed by atoms with Crippen molar-refractivity contribution in [3.8, 4) is 6.07 Å². The van der Waals surface area contributed by atoms with Gasteiger partial charge >= 0.3 is 0 Å². The van der Waals surface area contributed by atoms with E-state index < -0.39 is 0 Å². The minimum absolute atomic E-state index is 0.637. The predicted molar refractivity (Wildman–Crippen MR) is 75.5 cm³/mol. The number of aryl methyl sites for hydroxylation is 3. The molecule has 0 spiro atoms. The Bertz CT molecular complexity index is 622. The van der Waals surface area contributed by atoms with Crippen LogP contribution in [-0.2, 0) is 0 Å². The van der Waals surface area contributed by atoms with Gasteiger partial charge in [-0.1, -0.05) is 17.4 Å². The molecule has 0 aliphatic carbocycles. The van der Waals surface area contributed by atoms with Crippen molar-refractivity contribution in [3.05, 3.63) is 39.9 Å². The highest BCUT2D eigenvalue weighted by atomic mass is 32.1. The normalized spacial score (nSPS) is 10.2. The number of rotatable bonds is 2. The molecule has 0 aliphatic rings. The summed E-state index contributed by atoms with van der Waals surface area (Å²) < 4.78 is 0. The van der Waals surface area contributed by atoms with Crippen LogP contribution in [0.1, 0.15) is 21.6 Å². The van der Waals surface area contributed by atoms with Crippen LogP contribution in [0.2, 0.25) is 0 Å². The number of anilines is 2. The molecule has 0 bridgehead atoms. The molecule has 0 fully saturated rings. The van der Waals surface area contributed by atoms with Gasteiger partial charge in [-0.15, -0.1) is 0 Å². The first kappa shape index (κ1) is 12.6. The Hall–Kier alpha value is -1.86. The van der Waals surface area contributed by atoms with Crippen molar-refractivity contribution in [3.63, 3.8) is 0 Å². The molecule has 1 heterocycles. The fourth-order valence-corrected chi connectivity index (χ4v) is 2.57. The first-order valence-corrected chi connectivity index (χ1v) is 6.52. The first-order chi connectivity index (χ1) is 8.52. The summed E-state index contributed by atoms with van der Waals surface area (Å²) in [6, 6.07) is 6.46. The van der Waals surface area contributed by atoms with Gasteiger partial charge in [0.25, 0.3) is 0 Å². The summed E-state index contributed by atoms with van der Waals surface area (Å²) in [5.41, 5.74) is 4.91.